The van der Waals surface area contributed by atoms with Crippen molar-refractivity contribution < 1.29 is 14.6 Å². The van der Waals surface area contributed by atoms with Crippen LogP contribution in [-0.4, -0.2) is 34.3 Å². The van der Waals surface area contributed by atoms with E-state index in [0.717, 1.165) is 27.6 Å². The maximum atomic E-state index is 11.2. The summed E-state index contributed by atoms with van der Waals surface area (Å²) in [6.45, 7) is 1.76. The minimum absolute atomic E-state index is 0.387. The van der Waals surface area contributed by atoms with Crippen molar-refractivity contribution in [2.24, 2.45) is 0 Å². The van der Waals surface area contributed by atoms with Gasteiger partial charge in [-0.05, 0) is 19.1 Å². The first-order valence-corrected chi connectivity index (χ1v) is 7.34. The van der Waals surface area contributed by atoms with Crippen LogP contribution in [0.3, 0.4) is 0 Å². The number of H-pyrrole nitrogens is 1. The van der Waals surface area contributed by atoms with Crippen LogP contribution in [-0.2, 0) is 10.3 Å². The van der Waals surface area contributed by atoms with E-state index in [1.807, 2.05) is 6.07 Å². The molecule has 6 nitrogen and oxygen atoms in total. The number of aromatic amines is 1. The summed E-state index contributed by atoms with van der Waals surface area (Å²) < 4.78 is 11.2. The Bertz CT molecular complexity index is 901. The second-order valence-corrected chi connectivity index (χ2v) is 5.80. The van der Waals surface area contributed by atoms with E-state index in [4.69, 9.17) is 9.47 Å². The van der Waals surface area contributed by atoms with Crippen molar-refractivity contribution in [2.45, 2.75) is 18.6 Å². The summed E-state index contributed by atoms with van der Waals surface area (Å²) in [7, 11) is 3.20. The van der Waals surface area contributed by atoms with Gasteiger partial charge in [0.05, 0.1) is 18.4 Å². The number of methoxy groups -OCH3 is 2. The standard InChI is InChI=1S/C17H17N3O3/c1-17(21)10-4-7-19-16(23-3)13(10)14(22-2)12-9-8-18-6-5-11(9)20-15(12)17/h4-8,14,20-21H,1-3H3. The van der Waals surface area contributed by atoms with E-state index >= 15 is 0 Å². The molecule has 118 valence electrons. The minimum atomic E-state index is -1.20. The lowest BCUT2D eigenvalue weighted by Crippen LogP contribution is -2.33. The number of rotatable bonds is 2. The fourth-order valence-electron chi connectivity index (χ4n) is 3.52. The molecule has 4 rings (SSSR count). The molecule has 1 aliphatic carbocycles. The van der Waals surface area contributed by atoms with Crippen molar-refractivity contribution in [3.8, 4) is 5.88 Å². The van der Waals surface area contributed by atoms with E-state index in [1.54, 1.807) is 45.8 Å². The largest absolute Gasteiger partial charge is 0.481 e. The molecule has 0 aromatic carbocycles. The van der Waals surface area contributed by atoms with Crippen LogP contribution in [0.5, 0.6) is 5.88 Å². The van der Waals surface area contributed by atoms with Crippen LogP contribution in [0.25, 0.3) is 10.9 Å². The lowest BCUT2D eigenvalue weighted by atomic mass is 9.78. The van der Waals surface area contributed by atoms with Gasteiger partial charge in [0.25, 0.3) is 0 Å². The Balaban J connectivity index is 2.13. The lowest BCUT2D eigenvalue weighted by Gasteiger charge is -2.35. The molecule has 0 aliphatic heterocycles. The number of hydrogen-bond acceptors (Lipinski definition) is 5. The van der Waals surface area contributed by atoms with Gasteiger partial charge in [-0.3, -0.25) is 4.98 Å². The molecule has 2 N–H and O–H groups in total. The van der Waals surface area contributed by atoms with Crippen LogP contribution in [0.2, 0.25) is 0 Å². The van der Waals surface area contributed by atoms with Gasteiger partial charge >= 0.3 is 0 Å². The summed E-state index contributed by atoms with van der Waals surface area (Å²) in [5.41, 5.74) is 2.78. The van der Waals surface area contributed by atoms with E-state index in [2.05, 4.69) is 15.0 Å². The monoisotopic (exact) mass is 311 g/mol. The van der Waals surface area contributed by atoms with E-state index in [9.17, 15) is 5.11 Å². The van der Waals surface area contributed by atoms with Gasteiger partial charge in [0.15, 0.2) is 0 Å². The number of pyridine rings is 2. The number of fused-ring (bicyclic) bond motifs is 4. The molecule has 6 heteroatoms. The number of nitrogens with zero attached hydrogens (tertiary/aromatic N) is 2. The zero-order chi connectivity index (χ0) is 16.2. The van der Waals surface area contributed by atoms with Crippen molar-refractivity contribution in [1.82, 2.24) is 15.0 Å². The van der Waals surface area contributed by atoms with Gasteiger partial charge in [0.1, 0.15) is 11.7 Å². The maximum absolute atomic E-state index is 11.2. The van der Waals surface area contributed by atoms with Crippen LogP contribution in [0, 0.1) is 0 Å². The van der Waals surface area contributed by atoms with Gasteiger partial charge in [0.2, 0.25) is 5.88 Å². The van der Waals surface area contributed by atoms with Gasteiger partial charge < -0.3 is 19.6 Å². The summed E-state index contributed by atoms with van der Waals surface area (Å²) in [5.74, 6) is 0.457. The van der Waals surface area contributed by atoms with Crippen molar-refractivity contribution in [3.05, 3.63) is 53.1 Å². The first-order valence-electron chi connectivity index (χ1n) is 7.34. The highest BCUT2D eigenvalue weighted by atomic mass is 16.5. The smallest absolute Gasteiger partial charge is 0.219 e. The number of aromatic nitrogens is 3. The molecule has 0 spiro atoms. The Kier molecular flexibility index (Phi) is 2.94. The molecule has 0 saturated carbocycles. The van der Waals surface area contributed by atoms with Gasteiger partial charge in [0, 0.05) is 47.7 Å². The number of nitrogens with one attached hydrogen (secondary N) is 1. The molecule has 0 amide bonds. The summed E-state index contributed by atoms with van der Waals surface area (Å²) in [6.07, 6.45) is 4.74. The molecule has 0 fully saturated rings. The zero-order valence-corrected chi connectivity index (χ0v) is 13.1. The van der Waals surface area contributed by atoms with Crippen LogP contribution < -0.4 is 4.74 Å². The van der Waals surface area contributed by atoms with Crippen molar-refractivity contribution >= 4 is 10.9 Å². The molecule has 3 heterocycles. The fourth-order valence-corrected chi connectivity index (χ4v) is 3.52. The Morgan fingerprint density at radius 3 is 2.78 bits per heavy atom. The topological polar surface area (TPSA) is 80.3 Å². The third-order valence-corrected chi connectivity index (χ3v) is 4.56. The molecular weight excluding hydrogens is 294 g/mol. The average molecular weight is 311 g/mol. The highest BCUT2D eigenvalue weighted by molar-refractivity contribution is 5.86. The van der Waals surface area contributed by atoms with E-state index < -0.39 is 5.60 Å². The van der Waals surface area contributed by atoms with Crippen molar-refractivity contribution in [3.63, 3.8) is 0 Å². The van der Waals surface area contributed by atoms with E-state index in [0.29, 0.717) is 11.6 Å². The second kappa shape index (κ2) is 4.78. The Morgan fingerprint density at radius 1 is 1.22 bits per heavy atom. The number of aliphatic hydroxyl groups is 1. The molecule has 2 unspecified atom stereocenters. The Hall–Kier alpha value is -2.44. The number of hydrogen-bond donors (Lipinski definition) is 2. The molecule has 0 bridgehead atoms. The van der Waals surface area contributed by atoms with Crippen LogP contribution in [0.15, 0.2) is 30.7 Å². The predicted octanol–water partition coefficient (Wildman–Crippen LogP) is 2.27. The Labute approximate surface area is 133 Å². The quantitative estimate of drug-likeness (QED) is 0.759. The molecular formula is C17H17N3O3. The van der Waals surface area contributed by atoms with E-state index in [-0.39, 0.29) is 6.10 Å². The molecule has 0 saturated heterocycles. The second-order valence-electron chi connectivity index (χ2n) is 5.80. The highest BCUT2D eigenvalue weighted by Gasteiger charge is 2.44. The van der Waals surface area contributed by atoms with Crippen molar-refractivity contribution in [1.29, 1.82) is 0 Å². The third-order valence-electron chi connectivity index (χ3n) is 4.56. The molecule has 0 radical (unpaired) electrons. The summed E-state index contributed by atoms with van der Waals surface area (Å²) in [5, 5.41) is 12.1. The van der Waals surface area contributed by atoms with Gasteiger partial charge in [-0.2, -0.15) is 0 Å². The summed E-state index contributed by atoms with van der Waals surface area (Å²) in [6, 6.07) is 3.69. The lowest BCUT2D eigenvalue weighted by molar-refractivity contribution is 0.0679. The van der Waals surface area contributed by atoms with Gasteiger partial charge in [-0.15, -0.1) is 0 Å². The first kappa shape index (κ1) is 14.2. The number of ether oxygens (including phenoxy) is 2. The average Bonchev–Trinajstić information content (AvgIpc) is 2.96. The fraction of sp³-hybridized carbons (Fsp3) is 0.294. The Morgan fingerprint density at radius 2 is 2.04 bits per heavy atom. The molecule has 3 aromatic rings. The maximum Gasteiger partial charge on any atom is 0.219 e. The summed E-state index contributed by atoms with van der Waals surface area (Å²) in [4.78, 5) is 11.8. The van der Waals surface area contributed by atoms with Crippen LogP contribution >= 0.6 is 0 Å². The van der Waals surface area contributed by atoms with Gasteiger partial charge in [-0.1, -0.05) is 0 Å². The third kappa shape index (κ3) is 1.76. The SMILES string of the molecule is COc1nccc2c1C(OC)c1c([nH]c3ccncc13)C2(C)O. The molecule has 1 aliphatic rings. The van der Waals surface area contributed by atoms with Crippen molar-refractivity contribution in [2.75, 3.05) is 14.2 Å². The van der Waals surface area contributed by atoms with Gasteiger partial charge in [-0.25, -0.2) is 4.98 Å². The molecule has 3 aromatic heterocycles. The van der Waals surface area contributed by atoms with Crippen LogP contribution in [0.1, 0.15) is 35.4 Å². The summed E-state index contributed by atoms with van der Waals surface area (Å²) >= 11 is 0. The first-order chi connectivity index (χ1) is 11.1. The predicted molar refractivity (Wildman–Crippen MR) is 84.4 cm³/mol. The van der Waals surface area contributed by atoms with Crippen LogP contribution in [0.4, 0.5) is 0 Å². The molecule has 2 atom stereocenters. The highest BCUT2D eigenvalue weighted by Crippen LogP contribution is 2.50. The normalized spacial score (nSPS) is 22.7. The minimum Gasteiger partial charge on any atom is -0.481 e. The van der Waals surface area contributed by atoms with E-state index in [1.165, 1.54) is 0 Å². The molecule has 23 heavy (non-hydrogen) atoms. The zero-order valence-electron chi connectivity index (χ0n) is 13.1.